The van der Waals surface area contributed by atoms with Crippen molar-refractivity contribution in [1.82, 2.24) is 15.5 Å². The van der Waals surface area contributed by atoms with Crippen LogP contribution in [0, 0.1) is 17.3 Å². The Kier molecular flexibility index (Phi) is 6.26. The van der Waals surface area contributed by atoms with Gasteiger partial charge in [0, 0.05) is 43.6 Å². The van der Waals surface area contributed by atoms with E-state index in [2.05, 4.69) is 65.7 Å². The van der Waals surface area contributed by atoms with Crippen molar-refractivity contribution < 1.29 is 9.47 Å². The number of piperidine rings is 1. The Morgan fingerprint density at radius 3 is 2.73 bits per heavy atom. The molecule has 4 rings (SSSR count). The number of ether oxygens (including phenoxy) is 2. The maximum Gasteiger partial charge on any atom is 0.191 e. The van der Waals surface area contributed by atoms with Gasteiger partial charge in [0.05, 0.1) is 13.2 Å². The molecular formula is C24H38N4O2. The minimum Gasteiger partial charge on any atom is -0.497 e. The van der Waals surface area contributed by atoms with Crippen LogP contribution in [0.5, 0.6) is 5.75 Å². The molecule has 3 fully saturated rings. The second kappa shape index (κ2) is 8.75. The van der Waals surface area contributed by atoms with Gasteiger partial charge in [0.2, 0.25) is 0 Å². The molecule has 1 aromatic rings. The highest BCUT2D eigenvalue weighted by Gasteiger charge is 2.59. The van der Waals surface area contributed by atoms with Gasteiger partial charge in [0.15, 0.2) is 5.96 Å². The van der Waals surface area contributed by atoms with Crippen molar-refractivity contribution >= 4 is 5.96 Å². The van der Waals surface area contributed by atoms with E-state index in [1.807, 2.05) is 7.05 Å². The van der Waals surface area contributed by atoms with Crippen molar-refractivity contribution in [3.05, 3.63) is 29.8 Å². The predicted molar refractivity (Wildman–Crippen MR) is 121 cm³/mol. The molecule has 6 nitrogen and oxygen atoms in total. The number of nitrogens with zero attached hydrogens (tertiary/aromatic N) is 2. The topological polar surface area (TPSA) is 58.1 Å². The smallest absolute Gasteiger partial charge is 0.191 e. The lowest BCUT2D eigenvalue weighted by Crippen LogP contribution is -2.68. The molecule has 5 unspecified atom stereocenters. The largest absolute Gasteiger partial charge is 0.497 e. The van der Waals surface area contributed by atoms with Gasteiger partial charge in [-0.05, 0) is 56.5 Å². The molecule has 0 radical (unpaired) electrons. The fraction of sp³-hybridized carbons (Fsp3) is 0.708. The van der Waals surface area contributed by atoms with Gasteiger partial charge >= 0.3 is 0 Å². The zero-order valence-corrected chi connectivity index (χ0v) is 19.1. The average Bonchev–Trinajstić information content (AvgIpc) is 3.21. The van der Waals surface area contributed by atoms with Gasteiger partial charge in [-0.3, -0.25) is 9.89 Å². The second-order valence-electron chi connectivity index (χ2n) is 9.74. The first kappa shape index (κ1) is 21.4. The Hall–Kier alpha value is -1.79. The predicted octanol–water partition coefficient (Wildman–Crippen LogP) is 3.06. The zero-order chi connectivity index (χ0) is 21.3. The van der Waals surface area contributed by atoms with Crippen molar-refractivity contribution in [1.29, 1.82) is 0 Å². The summed E-state index contributed by atoms with van der Waals surface area (Å²) in [6.07, 6.45) is 3.99. The first-order chi connectivity index (χ1) is 14.5. The van der Waals surface area contributed by atoms with Gasteiger partial charge in [-0.2, -0.15) is 0 Å². The standard InChI is InChI=1S/C24H38N4O2/c1-24(2)21(19-12-14-30-22(19)24)27-23(25-3)26-15-17-7-6-13-28(4)20(17)16-8-10-18(29-5)11-9-16/h8-11,17,19-22H,6-7,12-15H2,1-5H3,(H2,25,26,27). The Labute approximate surface area is 181 Å². The van der Waals surface area contributed by atoms with E-state index < -0.39 is 0 Å². The number of fused-ring (bicyclic) bond motifs is 1. The van der Waals surface area contributed by atoms with Gasteiger partial charge in [-0.1, -0.05) is 26.0 Å². The lowest BCUT2D eigenvalue weighted by atomic mass is 9.57. The highest BCUT2D eigenvalue weighted by molar-refractivity contribution is 5.80. The van der Waals surface area contributed by atoms with E-state index in [1.165, 1.54) is 18.4 Å². The molecule has 0 aromatic heterocycles. The number of nitrogens with one attached hydrogen (secondary N) is 2. The highest BCUT2D eigenvalue weighted by atomic mass is 16.5. The van der Waals surface area contributed by atoms with Crippen LogP contribution in [0.4, 0.5) is 0 Å². The molecule has 0 amide bonds. The van der Waals surface area contributed by atoms with Crippen LogP contribution in [0.25, 0.3) is 0 Å². The van der Waals surface area contributed by atoms with Crippen molar-refractivity contribution in [2.24, 2.45) is 22.2 Å². The molecule has 166 valence electrons. The molecule has 1 saturated carbocycles. The molecule has 2 saturated heterocycles. The lowest BCUT2D eigenvalue weighted by molar-refractivity contribution is -0.106. The Morgan fingerprint density at radius 1 is 1.27 bits per heavy atom. The van der Waals surface area contributed by atoms with Crippen LogP contribution in [-0.2, 0) is 4.74 Å². The van der Waals surface area contributed by atoms with Crippen LogP contribution < -0.4 is 15.4 Å². The third kappa shape index (κ3) is 3.92. The number of aliphatic imine (C=N–C) groups is 1. The highest BCUT2D eigenvalue weighted by Crippen LogP contribution is 2.52. The Morgan fingerprint density at radius 2 is 2.03 bits per heavy atom. The van der Waals surface area contributed by atoms with Crippen LogP contribution in [0.1, 0.15) is 44.7 Å². The average molecular weight is 415 g/mol. The van der Waals surface area contributed by atoms with E-state index in [-0.39, 0.29) is 5.41 Å². The van der Waals surface area contributed by atoms with E-state index in [4.69, 9.17) is 9.47 Å². The molecule has 3 aliphatic rings. The van der Waals surface area contributed by atoms with Crippen LogP contribution in [0.3, 0.4) is 0 Å². The van der Waals surface area contributed by atoms with Crippen LogP contribution in [-0.4, -0.2) is 63.9 Å². The molecule has 2 heterocycles. The molecule has 2 aliphatic heterocycles. The summed E-state index contributed by atoms with van der Waals surface area (Å²) in [7, 11) is 5.83. The van der Waals surface area contributed by atoms with Gasteiger partial charge in [0.1, 0.15) is 5.75 Å². The second-order valence-corrected chi connectivity index (χ2v) is 9.74. The Bertz CT molecular complexity index is 748. The van der Waals surface area contributed by atoms with E-state index in [9.17, 15) is 0 Å². The summed E-state index contributed by atoms with van der Waals surface area (Å²) in [5.41, 5.74) is 1.51. The number of hydrogen-bond donors (Lipinski definition) is 2. The van der Waals surface area contributed by atoms with E-state index in [1.54, 1.807) is 7.11 Å². The monoisotopic (exact) mass is 414 g/mol. The van der Waals surface area contributed by atoms with Crippen molar-refractivity contribution in [3.63, 3.8) is 0 Å². The molecule has 1 aliphatic carbocycles. The summed E-state index contributed by atoms with van der Waals surface area (Å²) in [4.78, 5) is 7.03. The third-order valence-corrected chi connectivity index (χ3v) is 7.61. The maximum absolute atomic E-state index is 5.94. The van der Waals surface area contributed by atoms with Gasteiger partial charge in [-0.15, -0.1) is 0 Å². The molecule has 30 heavy (non-hydrogen) atoms. The number of rotatable bonds is 5. The van der Waals surface area contributed by atoms with Gasteiger partial charge < -0.3 is 20.1 Å². The summed E-state index contributed by atoms with van der Waals surface area (Å²) in [6.45, 7) is 7.55. The van der Waals surface area contributed by atoms with Crippen molar-refractivity contribution in [2.45, 2.75) is 51.3 Å². The van der Waals surface area contributed by atoms with Crippen LogP contribution >= 0.6 is 0 Å². The molecular weight excluding hydrogens is 376 g/mol. The van der Waals surface area contributed by atoms with Crippen molar-refractivity contribution in [3.8, 4) is 5.75 Å². The van der Waals surface area contributed by atoms with Crippen LogP contribution in [0.2, 0.25) is 0 Å². The molecule has 6 heteroatoms. The van der Waals surface area contributed by atoms with E-state index >= 15 is 0 Å². The van der Waals surface area contributed by atoms with Gasteiger partial charge in [0.25, 0.3) is 0 Å². The van der Waals surface area contributed by atoms with E-state index in [0.717, 1.165) is 37.8 Å². The number of benzene rings is 1. The fourth-order valence-corrected chi connectivity index (χ4v) is 5.99. The summed E-state index contributed by atoms with van der Waals surface area (Å²) >= 11 is 0. The number of likely N-dealkylation sites (tertiary alicyclic amines) is 1. The quantitative estimate of drug-likeness (QED) is 0.573. The molecule has 5 atom stereocenters. The normalized spacial score (nSPS) is 33.5. The summed E-state index contributed by atoms with van der Waals surface area (Å²) in [5, 5.41) is 7.36. The minimum absolute atomic E-state index is 0.148. The van der Waals surface area contributed by atoms with Gasteiger partial charge in [-0.25, -0.2) is 0 Å². The number of hydrogen-bond acceptors (Lipinski definition) is 4. The molecule has 0 bridgehead atoms. The number of guanidine groups is 1. The minimum atomic E-state index is 0.148. The summed E-state index contributed by atoms with van der Waals surface area (Å²) in [6, 6.07) is 9.39. The fourth-order valence-electron chi connectivity index (χ4n) is 5.99. The lowest BCUT2D eigenvalue weighted by Gasteiger charge is -2.55. The van der Waals surface area contributed by atoms with Crippen molar-refractivity contribution in [2.75, 3.05) is 40.9 Å². The zero-order valence-electron chi connectivity index (χ0n) is 19.1. The first-order valence-corrected chi connectivity index (χ1v) is 11.4. The van der Waals surface area contributed by atoms with E-state index in [0.29, 0.717) is 30.0 Å². The number of methoxy groups -OCH3 is 1. The molecule has 2 N–H and O–H groups in total. The summed E-state index contributed by atoms with van der Waals surface area (Å²) < 4.78 is 11.3. The SMILES string of the molecule is CN=C(NCC1CCCN(C)C1c1ccc(OC)cc1)NC1C2CCOC2C1(C)C. The molecule has 1 aromatic carbocycles. The first-order valence-electron chi connectivity index (χ1n) is 11.4. The molecule has 0 spiro atoms. The maximum atomic E-state index is 5.94. The summed E-state index contributed by atoms with van der Waals surface area (Å²) in [5.74, 6) is 2.97. The Balaban J connectivity index is 1.40. The van der Waals surface area contributed by atoms with Crippen LogP contribution in [0.15, 0.2) is 29.3 Å². The third-order valence-electron chi connectivity index (χ3n) is 7.61.